The van der Waals surface area contributed by atoms with Crippen molar-refractivity contribution in [3.63, 3.8) is 0 Å². The monoisotopic (exact) mass is 396 g/mol. The van der Waals surface area contributed by atoms with Crippen LogP contribution in [0.5, 0.6) is 0 Å². The Balaban J connectivity index is 1.57. The Morgan fingerprint density at radius 3 is 1.23 bits per heavy atom. The van der Waals surface area contributed by atoms with Crippen LogP contribution < -0.4 is 21.3 Å². The molecule has 0 aliphatic heterocycles. The van der Waals surface area contributed by atoms with Gasteiger partial charge in [-0.05, 0) is 47.2 Å². The summed E-state index contributed by atoms with van der Waals surface area (Å²) >= 11 is 0. The molecular weight excluding hydrogens is 376 g/mol. The van der Waals surface area contributed by atoms with E-state index in [2.05, 4.69) is 21.3 Å². The first kappa shape index (κ1) is 19.0. The Hall–Kier alpha value is -4.32. The molecule has 4 aromatic rings. The average molecular weight is 396 g/mol. The summed E-state index contributed by atoms with van der Waals surface area (Å²) in [4.78, 5) is 25.0. The minimum Gasteiger partial charge on any atom is -0.308 e. The lowest BCUT2D eigenvalue weighted by atomic mass is 10.1. The number of anilines is 4. The van der Waals surface area contributed by atoms with E-state index in [0.29, 0.717) is 22.7 Å². The summed E-state index contributed by atoms with van der Waals surface area (Å²) in [6, 6.07) is 28.9. The molecule has 4 rings (SSSR count). The average Bonchev–Trinajstić information content (AvgIpc) is 2.75. The molecule has 4 amide bonds. The first-order chi connectivity index (χ1) is 14.7. The minimum atomic E-state index is -0.400. The van der Waals surface area contributed by atoms with Crippen LogP contribution in [-0.2, 0) is 0 Å². The number of carbonyl (C=O) groups is 2. The van der Waals surface area contributed by atoms with Gasteiger partial charge in [0.15, 0.2) is 0 Å². The number of rotatable bonds is 4. The molecule has 0 atom stereocenters. The van der Waals surface area contributed by atoms with E-state index < -0.39 is 12.1 Å². The van der Waals surface area contributed by atoms with Crippen molar-refractivity contribution in [1.29, 1.82) is 0 Å². The van der Waals surface area contributed by atoms with E-state index in [4.69, 9.17) is 0 Å². The summed E-state index contributed by atoms with van der Waals surface area (Å²) in [6.45, 7) is 0. The standard InChI is InChI=1S/C24H20N4O2/c29-23(25-19-11-3-1-4-12-19)27-21-15-17-9-7-8-10-18(17)16-22(21)28-24(30)26-20-13-5-2-6-14-20/h1-16H,(H2,25,27,29)(H2,26,28,30). The summed E-state index contributed by atoms with van der Waals surface area (Å²) < 4.78 is 0. The van der Waals surface area contributed by atoms with Crippen LogP contribution in [0.4, 0.5) is 32.3 Å². The van der Waals surface area contributed by atoms with Crippen molar-refractivity contribution in [2.75, 3.05) is 21.3 Å². The molecular formula is C24H20N4O2. The van der Waals surface area contributed by atoms with Gasteiger partial charge in [0.25, 0.3) is 0 Å². The van der Waals surface area contributed by atoms with Crippen LogP contribution >= 0.6 is 0 Å². The van der Waals surface area contributed by atoms with Gasteiger partial charge in [-0.2, -0.15) is 0 Å². The molecule has 6 heteroatoms. The molecule has 0 unspecified atom stereocenters. The Bertz CT molecular complexity index is 1080. The molecule has 0 aliphatic rings. The summed E-state index contributed by atoms with van der Waals surface area (Å²) in [7, 11) is 0. The summed E-state index contributed by atoms with van der Waals surface area (Å²) in [5.74, 6) is 0. The van der Waals surface area contributed by atoms with Crippen LogP contribution in [0.1, 0.15) is 0 Å². The maximum atomic E-state index is 12.5. The van der Waals surface area contributed by atoms with Crippen LogP contribution in [0.15, 0.2) is 97.1 Å². The first-order valence-electron chi connectivity index (χ1n) is 9.46. The molecule has 0 saturated heterocycles. The molecule has 0 saturated carbocycles. The van der Waals surface area contributed by atoms with Crippen LogP contribution in [0.25, 0.3) is 10.8 Å². The largest absolute Gasteiger partial charge is 0.323 e. The number of benzene rings is 4. The lowest BCUT2D eigenvalue weighted by molar-refractivity contribution is 0.261. The van der Waals surface area contributed by atoms with Crippen molar-refractivity contribution >= 4 is 45.6 Å². The lowest BCUT2D eigenvalue weighted by Gasteiger charge is -2.15. The van der Waals surface area contributed by atoms with E-state index in [9.17, 15) is 9.59 Å². The van der Waals surface area contributed by atoms with Crippen molar-refractivity contribution in [3.05, 3.63) is 97.1 Å². The number of fused-ring (bicyclic) bond motifs is 1. The van der Waals surface area contributed by atoms with Gasteiger partial charge >= 0.3 is 12.1 Å². The van der Waals surface area contributed by atoms with Crippen molar-refractivity contribution in [3.8, 4) is 0 Å². The molecule has 30 heavy (non-hydrogen) atoms. The Kier molecular flexibility index (Phi) is 5.57. The third kappa shape index (κ3) is 4.74. The fourth-order valence-corrected chi connectivity index (χ4v) is 3.06. The first-order valence-corrected chi connectivity index (χ1v) is 9.46. The predicted octanol–water partition coefficient (Wildman–Crippen LogP) is 6.13. The van der Waals surface area contributed by atoms with Crippen molar-refractivity contribution in [2.45, 2.75) is 0 Å². The summed E-state index contributed by atoms with van der Waals surface area (Å²) in [5, 5.41) is 13.1. The lowest BCUT2D eigenvalue weighted by Crippen LogP contribution is -2.23. The molecule has 0 aromatic heterocycles. The van der Waals surface area contributed by atoms with Gasteiger partial charge in [0.05, 0.1) is 11.4 Å². The predicted molar refractivity (Wildman–Crippen MR) is 122 cm³/mol. The molecule has 6 nitrogen and oxygen atoms in total. The van der Waals surface area contributed by atoms with Crippen LogP contribution in [0.2, 0.25) is 0 Å². The van der Waals surface area contributed by atoms with E-state index in [1.807, 2.05) is 72.8 Å². The van der Waals surface area contributed by atoms with Crippen molar-refractivity contribution in [2.24, 2.45) is 0 Å². The van der Waals surface area contributed by atoms with E-state index in [1.54, 1.807) is 24.3 Å². The van der Waals surface area contributed by atoms with E-state index in [1.165, 1.54) is 0 Å². The number of urea groups is 2. The molecule has 4 N–H and O–H groups in total. The van der Waals surface area contributed by atoms with Gasteiger partial charge in [0.1, 0.15) is 0 Å². The van der Waals surface area contributed by atoms with Crippen molar-refractivity contribution < 1.29 is 9.59 Å². The second-order valence-electron chi connectivity index (χ2n) is 6.64. The second-order valence-corrected chi connectivity index (χ2v) is 6.64. The fourth-order valence-electron chi connectivity index (χ4n) is 3.06. The molecule has 0 bridgehead atoms. The zero-order valence-corrected chi connectivity index (χ0v) is 16.1. The van der Waals surface area contributed by atoms with Gasteiger partial charge in [-0.1, -0.05) is 60.7 Å². The smallest absolute Gasteiger partial charge is 0.308 e. The summed E-state index contributed by atoms with van der Waals surface area (Å²) in [6.07, 6.45) is 0. The van der Waals surface area contributed by atoms with Crippen LogP contribution in [0.3, 0.4) is 0 Å². The van der Waals surface area contributed by atoms with Crippen LogP contribution in [-0.4, -0.2) is 12.1 Å². The zero-order chi connectivity index (χ0) is 20.8. The quantitative estimate of drug-likeness (QED) is 0.335. The number of carbonyl (C=O) groups excluding carboxylic acids is 2. The topological polar surface area (TPSA) is 82.3 Å². The maximum absolute atomic E-state index is 12.5. The van der Waals surface area contributed by atoms with Crippen molar-refractivity contribution in [1.82, 2.24) is 0 Å². The zero-order valence-electron chi connectivity index (χ0n) is 16.1. The Labute approximate surface area is 173 Å². The molecule has 4 aromatic carbocycles. The van der Waals surface area contributed by atoms with E-state index in [-0.39, 0.29) is 0 Å². The number of nitrogens with one attached hydrogen (secondary N) is 4. The number of hydrogen-bond donors (Lipinski definition) is 4. The highest BCUT2D eigenvalue weighted by Gasteiger charge is 2.12. The van der Waals surface area contributed by atoms with Gasteiger partial charge < -0.3 is 21.3 Å². The number of hydrogen-bond acceptors (Lipinski definition) is 2. The third-order valence-corrected chi connectivity index (χ3v) is 4.45. The fraction of sp³-hybridized carbons (Fsp3) is 0. The highest BCUT2D eigenvalue weighted by atomic mass is 16.2. The van der Waals surface area contributed by atoms with Gasteiger partial charge in [0.2, 0.25) is 0 Å². The van der Waals surface area contributed by atoms with Gasteiger partial charge in [-0.25, -0.2) is 9.59 Å². The third-order valence-electron chi connectivity index (χ3n) is 4.45. The highest BCUT2D eigenvalue weighted by Crippen LogP contribution is 2.29. The molecule has 148 valence electrons. The molecule has 0 radical (unpaired) electrons. The second kappa shape index (κ2) is 8.79. The summed E-state index contributed by atoms with van der Waals surface area (Å²) in [5.41, 5.74) is 2.33. The van der Waals surface area contributed by atoms with Crippen LogP contribution in [0, 0.1) is 0 Å². The van der Waals surface area contributed by atoms with Gasteiger partial charge in [0, 0.05) is 11.4 Å². The van der Waals surface area contributed by atoms with E-state index >= 15 is 0 Å². The molecule has 0 spiro atoms. The van der Waals surface area contributed by atoms with E-state index in [0.717, 1.165) is 10.8 Å². The SMILES string of the molecule is O=C(Nc1ccccc1)Nc1cc2ccccc2cc1NC(=O)Nc1ccccc1. The molecule has 0 aliphatic carbocycles. The highest BCUT2D eigenvalue weighted by molar-refractivity contribution is 6.08. The minimum absolute atomic E-state index is 0.400. The van der Waals surface area contributed by atoms with Gasteiger partial charge in [-0.15, -0.1) is 0 Å². The molecule has 0 heterocycles. The Morgan fingerprint density at radius 1 is 0.467 bits per heavy atom. The van der Waals surface area contributed by atoms with Gasteiger partial charge in [-0.3, -0.25) is 0 Å². The normalized spacial score (nSPS) is 10.3. The Morgan fingerprint density at radius 2 is 0.833 bits per heavy atom. The number of amides is 4. The molecule has 0 fully saturated rings. The number of para-hydroxylation sites is 2. The maximum Gasteiger partial charge on any atom is 0.323 e.